The van der Waals surface area contributed by atoms with Gasteiger partial charge >= 0.3 is 0 Å². The minimum atomic E-state index is 1.05. The smallest absolute Gasteiger partial charge is 0.0489 e. The van der Waals surface area contributed by atoms with Crippen LogP contribution in [0.4, 0.5) is 0 Å². The standard InChI is InChI=1S/C17H15N/c1-2-18-15-10-6-5-9-14(15)17-13-8-4-3-7-12(13)11-16(17)18/h3-10H,2,11H2,1H3. The summed E-state index contributed by atoms with van der Waals surface area (Å²) >= 11 is 0. The van der Waals surface area contributed by atoms with E-state index in [-0.39, 0.29) is 0 Å². The van der Waals surface area contributed by atoms with Gasteiger partial charge in [-0.05, 0) is 24.1 Å². The summed E-state index contributed by atoms with van der Waals surface area (Å²) in [6.45, 7) is 3.28. The van der Waals surface area contributed by atoms with Gasteiger partial charge in [-0.1, -0.05) is 42.5 Å². The van der Waals surface area contributed by atoms with E-state index in [0.29, 0.717) is 0 Å². The summed E-state index contributed by atoms with van der Waals surface area (Å²) in [6, 6.07) is 17.6. The molecule has 0 amide bonds. The van der Waals surface area contributed by atoms with Crippen molar-refractivity contribution in [2.24, 2.45) is 0 Å². The summed E-state index contributed by atoms with van der Waals surface area (Å²) < 4.78 is 2.46. The van der Waals surface area contributed by atoms with E-state index in [9.17, 15) is 0 Å². The van der Waals surface area contributed by atoms with Crippen molar-refractivity contribution in [1.29, 1.82) is 0 Å². The lowest BCUT2D eigenvalue weighted by molar-refractivity contribution is 0.759. The lowest BCUT2D eigenvalue weighted by Gasteiger charge is -2.05. The average Bonchev–Trinajstić information content (AvgIpc) is 2.92. The molecule has 0 spiro atoms. The van der Waals surface area contributed by atoms with Crippen LogP contribution in [0.5, 0.6) is 0 Å². The normalized spacial score (nSPS) is 12.7. The molecule has 0 radical (unpaired) electrons. The molecular weight excluding hydrogens is 218 g/mol. The van der Waals surface area contributed by atoms with E-state index >= 15 is 0 Å². The SMILES string of the molecule is CCn1c2c(c3ccccc31)-c1ccccc1C2. The van der Waals surface area contributed by atoms with Crippen LogP contribution in [0.15, 0.2) is 48.5 Å². The van der Waals surface area contributed by atoms with Crippen LogP contribution in [0, 0.1) is 0 Å². The average molecular weight is 233 g/mol. The number of hydrogen-bond acceptors (Lipinski definition) is 0. The highest BCUT2D eigenvalue weighted by Gasteiger charge is 2.25. The molecule has 1 aliphatic carbocycles. The van der Waals surface area contributed by atoms with Crippen molar-refractivity contribution in [3.8, 4) is 11.1 Å². The van der Waals surface area contributed by atoms with E-state index in [1.807, 2.05) is 0 Å². The predicted molar refractivity (Wildman–Crippen MR) is 75.9 cm³/mol. The highest BCUT2D eigenvalue weighted by atomic mass is 15.0. The molecule has 88 valence electrons. The van der Waals surface area contributed by atoms with Gasteiger partial charge in [0.05, 0.1) is 0 Å². The van der Waals surface area contributed by atoms with Crippen molar-refractivity contribution in [2.75, 3.05) is 0 Å². The molecule has 0 bridgehead atoms. The van der Waals surface area contributed by atoms with Gasteiger partial charge in [-0.3, -0.25) is 0 Å². The van der Waals surface area contributed by atoms with E-state index in [4.69, 9.17) is 0 Å². The molecule has 0 saturated carbocycles. The summed E-state index contributed by atoms with van der Waals surface area (Å²) in [4.78, 5) is 0. The Morgan fingerprint density at radius 2 is 1.78 bits per heavy atom. The van der Waals surface area contributed by atoms with Gasteiger partial charge in [0.1, 0.15) is 0 Å². The molecular formula is C17H15N. The van der Waals surface area contributed by atoms with E-state index in [1.165, 1.54) is 33.3 Å². The lowest BCUT2D eigenvalue weighted by atomic mass is 10.0. The first-order chi connectivity index (χ1) is 8.90. The van der Waals surface area contributed by atoms with Crippen molar-refractivity contribution in [1.82, 2.24) is 4.57 Å². The molecule has 0 saturated heterocycles. The second kappa shape index (κ2) is 3.49. The molecule has 0 unspecified atom stereocenters. The van der Waals surface area contributed by atoms with Gasteiger partial charge < -0.3 is 4.57 Å². The summed E-state index contributed by atoms with van der Waals surface area (Å²) in [5.74, 6) is 0. The Labute approximate surface area is 107 Å². The summed E-state index contributed by atoms with van der Waals surface area (Å²) in [7, 11) is 0. The Kier molecular flexibility index (Phi) is 1.93. The molecule has 1 aromatic heterocycles. The summed E-state index contributed by atoms with van der Waals surface area (Å²) in [5.41, 5.74) is 7.22. The number of rotatable bonds is 1. The zero-order chi connectivity index (χ0) is 12.1. The van der Waals surface area contributed by atoms with Gasteiger partial charge in [0.2, 0.25) is 0 Å². The first kappa shape index (κ1) is 9.95. The van der Waals surface area contributed by atoms with E-state index < -0.39 is 0 Å². The third kappa shape index (κ3) is 1.11. The molecule has 0 N–H and O–H groups in total. The topological polar surface area (TPSA) is 4.93 Å². The van der Waals surface area contributed by atoms with Crippen molar-refractivity contribution >= 4 is 10.9 Å². The summed E-state index contributed by atoms with van der Waals surface area (Å²) in [5, 5.41) is 1.40. The highest BCUT2D eigenvalue weighted by molar-refractivity contribution is 6.01. The zero-order valence-corrected chi connectivity index (χ0v) is 10.5. The molecule has 18 heavy (non-hydrogen) atoms. The number of hydrogen-bond donors (Lipinski definition) is 0. The van der Waals surface area contributed by atoms with Crippen LogP contribution >= 0.6 is 0 Å². The largest absolute Gasteiger partial charge is 0.344 e. The van der Waals surface area contributed by atoms with E-state index in [2.05, 4.69) is 60.0 Å². The molecule has 0 fully saturated rings. The fourth-order valence-corrected chi connectivity index (χ4v) is 3.30. The van der Waals surface area contributed by atoms with E-state index in [1.54, 1.807) is 0 Å². The maximum absolute atomic E-state index is 2.46. The number of para-hydroxylation sites is 1. The molecule has 4 rings (SSSR count). The van der Waals surface area contributed by atoms with Gasteiger partial charge in [-0.2, -0.15) is 0 Å². The number of fused-ring (bicyclic) bond motifs is 5. The Hall–Kier alpha value is -2.02. The molecule has 1 nitrogen and oxygen atoms in total. The van der Waals surface area contributed by atoms with Crippen LogP contribution in [-0.4, -0.2) is 4.57 Å². The Bertz CT molecular complexity index is 749. The fraction of sp³-hybridized carbons (Fsp3) is 0.176. The lowest BCUT2D eigenvalue weighted by Crippen LogP contribution is -1.99. The van der Waals surface area contributed by atoms with Crippen LogP contribution < -0.4 is 0 Å². The predicted octanol–water partition coefficient (Wildman–Crippen LogP) is 4.23. The van der Waals surface area contributed by atoms with Crippen molar-refractivity contribution in [3.63, 3.8) is 0 Å². The number of nitrogens with zero attached hydrogens (tertiary/aromatic N) is 1. The molecule has 1 aliphatic rings. The highest BCUT2D eigenvalue weighted by Crippen LogP contribution is 2.43. The Morgan fingerprint density at radius 3 is 2.67 bits per heavy atom. The number of aryl methyl sites for hydroxylation is 1. The van der Waals surface area contributed by atoms with Crippen LogP contribution in [-0.2, 0) is 13.0 Å². The van der Waals surface area contributed by atoms with Gasteiger partial charge in [0.15, 0.2) is 0 Å². The van der Waals surface area contributed by atoms with Gasteiger partial charge in [0, 0.05) is 35.1 Å². The van der Waals surface area contributed by atoms with Gasteiger partial charge in [0.25, 0.3) is 0 Å². The minimum absolute atomic E-state index is 1.05. The zero-order valence-electron chi connectivity index (χ0n) is 10.5. The van der Waals surface area contributed by atoms with Crippen LogP contribution in [0.1, 0.15) is 18.2 Å². The number of aromatic nitrogens is 1. The monoisotopic (exact) mass is 233 g/mol. The van der Waals surface area contributed by atoms with Gasteiger partial charge in [-0.25, -0.2) is 0 Å². The Balaban J connectivity index is 2.16. The van der Waals surface area contributed by atoms with Crippen LogP contribution in [0.25, 0.3) is 22.0 Å². The quantitative estimate of drug-likeness (QED) is 0.463. The number of benzene rings is 2. The molecule has 1 heterocycles. The van der Waals surface area contributed by atoms with Crippen molar-refractivity contribution in [2.45, 2.75) is 19.9 Å². The van der Waals surface area contributed by atoms with E-state index in [0.717, 1.165) is 13.0 Å². The minimum Gasteiger partial charge on any atom is -0.344 e. The van der Waals surface area contributed by atoms with Crippen LogP contribution in [0.3, 0.4) is 0 Å². The first-order valence-corrected chi connectivity index (χ1v) is 6.58. The molecule has 3 aromatic rings. The van der Waals surface area contributed by atoms with Crippen LogP contribution in [0.2, 0.25) is 0 Å². The van der Waals surface area contributed by atoms with Gasteiger partial charge in [-0.15, -0.1) is 0 Å². The Morgan fingerprint density at radius 1 is 1.00 bits per heavy atom. The molecule has 0 aliphatic heterocycles. The van der Waals surface area contributed by atoms with Crippen molar-refractivity contribution in [3.05, 3.63) is 59.8 Å². The fourth-order valence-electron chi connectivity index (χ4n) is 3.30. The summed E-state index contributed by atoms with van der Waals surface area (Å²) in [6.07, 6.45) is 1.08. The maximum Gasteiger partial charge on any atom is 0.0489 e. The molecule has 2 aromatic carbocycles. The third-order valence-corrected chi connectivity index (χ3v) is 4.04. The maximum atomic E-state index is 2.46. The molecule has 0 atom stereocenters. The molecule has 1 heteroatoms. The third-order valence-electron chi connectivity index (χ3n) is 4.04. The first-order valence-electron chi connectivity index (χ1n) is 6.58. The van der Waals surface area contributed by atoms with Crippen molar-refractivity contribution < 1.29 is 0 Å². The second-order valence-corrected chi connectivity index (χ2v) is 4.92. The second-order valence-electron chi connectivity index (χ2n) is 4.92.